The molecular formula is C18H17N3O2S. The zero-order chi connectivity index (χ0) is 16.9. The van der Waals surface area contributed by atoms with Gasteiger partial charge in [0.25, 0.3) is 0 Å². The predicted octanol–water partition coefficient (Wildman–Crippen LogP) is 3.28. The number of ketones is 1. The van der Waals surface area contributed by atoms with Crippen LogP contribution in [0.1, 0.15) is 28.2 Å². The van der Waals surface area contributed by atoms with Crippen LogP contribution in [0.25, 0.3) is 0 Å². The minimum atomic E-state index is -0.141. The first kappa shape index (κ1) is 16.1. The fourth-order valence-electron chi connectivity index (χ4n) is 2.33. The summed E-state index contributed by atoms with van der Waals surface area (Å²) in [4.78, 5) is 28.4. The predicted molar refractivity (Wildman–Crippen MR) is 94.4 cm³/mol. The van der Waals surface area contributed by atoms with Gasteiger partial charge in [0.15, 0.2) is 5.82 Å². The lowest BCUT2D eigenvalue weighted by Gasteiger charge is -2.06. The summed E-state index contributed by atoms with van der Waals surface area (Å²) >= 11 is 1.63. The third kappa shape index (κ3) is 3.78. The molecule has 6 heteroatoms. The number of rotatable bonds is 6. The summed E-state index contributed by atoms with van der Waals surface area (Å²) in [6.45, 7) is 0. The molecule has 0 saturated heterocycles. The van der Waals surface area contributed by atoms with Gasteiger partial charge in [-0.3, -0.25) is 9.59 Å². The minimum Gasteiger partial charge on any atom is -0.331 e. The number of anilines is 1. The SMILES string of the molecule is Cn1ccnc1C(=O)c1ccc(NC(=O)CCc2ccsc2)cc1. The molecule has 0 aliphatic rings. The summed E-state index contributed by atoms with van der Waals surface area (Å²) in [6.07, 6.45) is 4.49. The number of nitrogens with zero attached hydrogens (tertiary/aromatic N) is 2. The van der Waals surface area contributed by atoms with E-state index in [2.05, 4.69) is 10.3 Å². The maximum atomic E-state index is 12.3. The van der Waals surface area contributed by atoms with Crippen molar-refractivity contribution >= 4 is 28.7 Å². The lowest BCUT2D eigenvalue weighted by Crippen LogP contribution is -2.13. The molecule has 0 atom stereocenters. The topological polar surface area (TPSA) is 64.0 Å². The van der Waals surface area contributed by atoms with E-state index in [-0.39, 0.29) is 11.7 Å². The number of thiophene rings is 1. The molecule has 1 amide bonds. The first-order valence-corrected chi connectivity index (χ1v) is 8.51. The van der Waals surface area contributed by atoms with Crippen LogP contribution in [-0.2, 0) is 18.3 Å². The fourth-order valence-corrected chi connectivity index (χ4v) is 3.04. The molecule has 2 aromatic heterocycles. The average molecular weight is 339 g/mol. The van der Waals surface area contributed by atoms with E-state index in [9.17, 15) is 9.59 Å². The van der Waals surface area contributed by atoms with Crippen LogP contribution in [0.2, 0.25) is 0 Å². The van der Waals surface area contributed by atoms with Crippen LogP contribution in [0.4, 0.5) is 5.69 Å². The van der Waals surface area contributed by atoms with Crippen molar-refractivity contribution in [2.75, 3.05) is 5.32 Å². The first-order valence-electron chi connectivity index (χ1n) is 7.56. The minimum absolute atomic E-state index is 0.0376. The molecule has 3 rings (SSSR count). The number of hydrogen-bond donors (Lipinski definition) is 1. The Kier molecular flexibility index (Phi) is 4.86. The zero-order valence-electron chi connectivity index (χ0n) is 13.2. The van der Waals surface area contributed by atoms with E-state index < -0.39 is 0 Å². The lowest BCUT2D eigenvalue weighted by atomic mass is 10.1. The Balaban J connectivity index is 1.59. The van der Waals surface area contributed by atoms with Crippen molar-refractivity contribution in [2.24, 2.45) is 7.05 Å². The van der Waals surface area contributed by atoms with Crippen molar-refractivity contribution in [3.63, 3.8) is 0 Å². The number of imidazole rings is 1. The fraction of sp³-hybridized carbons (Fsp3) is 0.167. The molecule has 0 aliphatic heterocycles. The number of nitrogens with one attached hydrogen (secondary N) is 1. The highest BCUT2D eigenvalue weighted by Crippen LogP contribution is 2.14. The molecule has 0 unspecified atom stereocenters. The quantitative estimate of drug-likeness (QED) is 0.701. The van der Waals surface area contributed by atoms with Crippen LogP contribution >= 0.6 is 11.3 Å². The number of aromatic nitrogens is 2. The van der Waals surface area contributed by atoms with Crippen molar-refractivity contribution in [3.8, 4) is 0 Å². The normalized spacial score (nSPS) is 10.5. The van der Waals surface area contributed by atoms with Crippen molar-refractivity contribution in [3.05, 3.63) is 70.4 Å². The Hall–Kier alpha value is -2.73. The van der Waals surface area contributed by atoms with Crippen LogP contribution in [0, 0.1) is 0 Å². The molecule has 0 fully saturated rings. The second kappa shape index (κ2) is 7.23. The highest BCUT2D eigenvalue weighted by atomic mass is 32.1. The molecule has 1 N–H and O–H groups in total. The highest BCUT2D eigenvalue weighted by molar-refractivity contribution is 7.07. The van der Waals surface area contributed by atoms with E-state index in [1.165, 1.54) is 5.56 Å². The largest absolute Gasteiger partial charge is 0.331 e. The standard InChI is InChI=1S/C18H17N3O2S/c1-21-10-9-19-18(21)17(23)14-3-5-15(6-4-14)20-16(22)7-2-13-8-11-24-12-13/h3-6,8-12H,2,7H2,1H3,(H,20,22). The molecule has 24 heavy (non-hydrogen) atoms. The Bertz CT molecular complexity index is 836. The molecule has 0 saturated carbocycles. The third-order valence-electron chi connectivity index (χ3n) is 3.68. The second-order valence-electron chi connectivity index (χ2n) is 5.45. The van der Waals surface area contributed by atoms with Crippen LogP contribution in [0.15, 0.2) is 53.5 Å². The Morgan fingerprint density at radius 3 is 2.62 bits per heavy atom. The van der Waals surface area contributed by atoms with Crippen LogP contribution in [-0.4, -0.2) is 21.2 Å². The summed E-state index contributed by atoms with van der Waals surface area (Å²) in [7, 11) is 1.78. The van der Waals surface area contributed by atoms with Gasteiger partial charge in [-0.15, -0.1) is 0 Å². The number of carbonyl (C=O) groups excluding carboxylic acids is 2. The summed E-state index contributed by atoms with van der Waals surface area (Å²) in [6, 6.07) is 8.89. The molecule has 0 aliphatic carbocycles. The van der Waals surface area contributed by atoms with Crippen molar-refractivity contribution in [2.45, 2.75) is 12.8 Å². The van der Waals surface area contributed by atoms with E-state index >= 15 is 0 Å². The van der Waals surface area contributed by atoms with Crippen molar-refractivity contribution in [1.29, 1.82) is 0 Å². The van der Waals surface area contributed by atoms with E-state index in [1.807, 2.05) is 16.8 Å². The number of aryl methyl sites for hydroxylation is 2. The van der Waals surface area contributed by atoms with Gasteiger partial charge in [0.1, 0.15) is 0 Å². The van der Waals surface area contributed by atoms with Gasteiger partial charge in [0, 0.05) is 37.1 Å². The number of hydrogen-bond acceptors (Lipinski definition) is 4. The van der Waals surface area contributed by atoms with Gasteiger partial charge in [-0.05, 0) is 53.1 Å². The summed E-state index contributed by atoms with van der Waals surface area (Å²) in [5, 5.41) is 6.90. The lowest BCUT2D eigenvalue weighted by molar-refractivity contribution is -0.116. The van der Waals surface area contributed by atoms with Gasteiger partial charge < -0.3 is 9.88 Å². The Morgan fingerprint density at radius 1 is 1.21 bits per heavy atom. The molecule has 0 spiro atoms. The average Bonchev–Trinajstić information content (AvgIpc) is 3.24. The Morgan fingerprint density at radius 2 is 2.00 bits per heavy atom. The zero-order valence-corrected chi connectivity index (χ0v) is 14.0. The van der Waals surface area contributed by atoms with Crippen LogP contribution in [0.5, 0.6) is 0 Å². The van der Waals surface area contributed by atoms with Gasteiger partial charge in [0.05, 0.1) is 0 Å². The Labute approximate surface area is 144 Å². The summed E-state index contributed by atoms with van der Waals surface area (Å²) < 4.78 is 1.68. The van der Waals surface area contributed by atoms with Gasteiger partial charge in [0.2, 0.25) is 11.7 Å². The molecule has 122 valence electrons. The van der Waals surface area contributed by atoms with Gasteiger partial charge in [-0.1, -0.05) is 0 Å². The van der Waals surface area contributed by atoms with Gasteiger partial charge in [-0.2, -0.15) is 11.3 Å². The molecule has 1 aromatic carbocycles. The smallest absolute Gasteiger partial charge is 0.228 e. The summed E-state index contributed by atoms with van der Waals surface area (Å²) in [5.41, 5.74) is 2.40. The maximum Gasteiger partial charge on any atom is 0.228 e. The van der Waals surface area contributed by atoms with E-state index in [1.54, 1.807) is 59.6 Å². The van der Waals surface area contributed by atoms with Crippen LogP contribution in [0.3, 0.4) is 0 Å². The molecular weight excluding hydrogens is 322 g/mol. The maximum absolute atomic E-state index is 12.3. The van der Waals surface area contributed by atoms with Crippen molar-refractivity contribution in [1.82, 2.24) is 9.55 Å². The summed E-state index contributed by atoms with van der Waals surface area (Å²) in [5.74, 6) is 0.213. The molecule has 0 radical (unpaired) electrons. The number of amides is 1. The molecule has 0 bridgehead atoms. The van der Waals surface area contributed by atoms with E-state index in [4.69, 9.17) is 0 Å². The van der Waals surface area contributed by atoms with E-state index in [0.717, 1.165) is 6.42 Å². The van der Waals surface area contributed by atoms with Crippen molar-refractivity contribution < 1.29 is 9.59 Å². The van der Waals surface area contributed by atoms with Gasteiger partial charge >= 0.3 is 0 Å². The third-order valence-corrected chi connectivity index (χ3v) is 4.41. The number of benzene rings is 1. The second-order valence-corrected chi connectivity index (χ2v) is 6.23. The molecule has 2 heterocycles. The van der Waals surface area contributed by atoms with E-state index in [0.29, 0.717) is 23.5 Å². The number of carbonyl (C=O) groups is 2. The van der Waals surface area contributed by atoms with Crippen LogP contribution < -0.4 is 5.32 Å². The molecule has 3 aromatic rings. The monoisotopic (exact) mass is 339 g/mol. The first-order chi connectivity index (χ1) is 11.6. The van der Waals surface area contributed by atoms with Gasteiger partial charge in [-0.25, -0.2) is 4.98 Å². The molecule has 5 nitrogen and oxygen atoms in total. The highest BCUT2D eigenvalue weighted by Gasteiger charge is 2.13.